The highest BCUT2D eigenvalue weighted by molar-refractivity contribution is 9.10. The average Bonchev–Trinajstić information content (AvgIpc) is 3.13. The number of aromatic nitrogens is 4. The summed E-state index contributed by atoms with van der Waals surface area (Å²) in [6.45, 7) is 2.92. The number of hydrogen-bond acceptors (Lipinski definition) is 3. The molecule has 1 saturated carbocycles. The molecule has 112 valence electrons. The van der Waals surface area contributed by atoms with Crippen molar-refractivity contribution in [3.05, 3.63) is 32.8 Å². The molecule has 1 aliphatic carbocycles. The van der Waals surface area contributed by atoms with E-state index in [-0.39, 0.29) is 5.56 Å². The molecule has 21 heavy (non-hydrogen) atoms. The SMILES string of the molecule is CCCn1nccc1-c1nc(C2CCCC2)c(Br)c(=O)[nH]1. The van der Waals surface area contributed by atoms with Gasteiger partial charge in [-0.3, -0.25) is 9.48 Å². The summed E-state index contributed by atoms with van der Waals surface area (Å²) < 4.78 is 2.48. The second-order valence-electron chi connectivity index (χ2n) is 5.53. The molecule has 1 fully saturated rings. The molecular formula is C15H19BrN4O. The van der Waals surface area contributed by atoms with Crippen molar-refractivity contribution < 1.29 is 0 Å². The fourth-order valence-corrected chi connectivity index (χ4v) is 3.50. The Bertz CT molecular complexity index is 685. The van der Waals surface area contributed by atoms with E-state index >= 15 is 0 Å². The van der Waals surface area contributed by atoms with Gasteiger partial charge < -0.3 is 4.98 Å². The maximum atomic E-state index is 12.2. The summed E-state index contributed by atoms with van der Waals surface area (Å²) in [6, 6.07) is 1.90. The molecule has 2 aromatic heterocycles. The first-order valence-corrected chi connectivity index (χ1v) is 8.32. The van der Waals surface area contributed by atoms with E-state index < -0.39 is 0 Å². The van der Waals surface area contributed by atoms with Crippen LogP contribution in [-0.2, 0) is 6.54 Å². The summed E-state index contributed by atoms with van der Waals surface area (Å²) in [5.74, 6) is 1.01. The molecule has 2 heterocycles. The molecule has 1 aliphatic rings. The van der Waals surface area contributed by atoms with E-state index in [0.29, 0.717) is 16.2 Å². The van der Waals surface area contributed by atoms with E-state index in [1.165, 1.54) is 12.8 Å². The van der Waals surface area contributed by atoms with Gasteiger partial charge in [0.1, 0.15) is 10.2 Å². The zero-order valence-corrected chi connectivity index (χ0v) is 13.7. The molecular weight excluding hydrogens is 332 g/mol. The van der Waals surface area contributed by atoms with Crippen molar-refractivity contribution >= 4 is 15.9 Å². The number of hydrogen-bond donors (Lipinski definition) is 1. The van der Waals surface area contributed by atoms with Crippen molar-refractivity contribution in [2.24, 2.45) is 0 Å². The van der Waals surface area contributed by atoms with Crippen LogP contribution in [0.5, 0.6) is 0 Å². The van der Waals surface area contributed by atoms with Gasteiger partial charge in [-0.2, -0.15) is 5.10 Å². The van der Waals surface area contributed by atoms with Crippen molar-refractivity contribution in [3.63, 3.8) is 0 Å². The highest BCUT2D eigenvalue weighted by atomic mass is 79.9. The van der Waals surface area contributed by atoms with Crippen LogP contribution in [0.25, 0.3) is 11.5 Å². The summed E-state index contributed by atoms with van der Waals surface area (Å²) in [4.78, 5) is 19.8. The molecule has 1 N–H and O–H groups in total. The zero-order chi connectivity index (χ0) is 14.8. The van der Waals surface area contributed by atoms with Gasteiger partial charge in [0.15, 0.2) is 5.82 Å². The van der Waals surface area contributed by atoms with Crippen molar-refractivity contribution in [1.29, 1.82) is 0 Å². The normalized spacial score (nSPS) is 15.7. The second-order valence-corrected chi connectivity index (χ2v) is 6.33. The number of aryl methyl sites for hydroxylation is 1. The Balaban J connectivity index is 2.06. The number of nitrogens with one attached hydrogen (secondary N) is 1. The number of H-pyrrole nitrogens is 1. The minimum absolute atomic E-state index is 0.105. The smallest absolute Gasteiger partial charge is 0.265 e. The van der Waals surface area contributed by atoms with Crippen LogP contribution in [0.1, 0.15) is 50.6 Å². The third-order valence-corrected chi connectivity index (χ3v) is 4.79. The van der Waals surface area contributed by atoms with Gasteiger partial charge in [0.25, 0.3) is 5.56 Å². The van der Waals surface area contributed by atoms with Gasteiger partial charge in [0.2, 0.25) is 0 Å². The van der Waals surface area contributed by atoms with Gasteiger partial charge in [0.05, 0.1) is 5.69 Å². The van der Waals surface area contributed by atoms with E-state index in [4.69, 9.17) is 4.98 Å². The Morgan fingerprint density at radius 3 is 2.90 bits per heavy atom. The molecule has 3 rings (SSSR count). The highest BCUT2D eigenvalue weighted by Crippen LogP contribution is 2.35. The van der Waals surface area contributed by atoms with E-state index in [0.717, 1.165) is 37.2 Å². The first-order valence-electron chi connectivity index (χ1n) is 7.52. The molecule has 0 atom stereocenters. The lowest BCUT2D eigenvalue weighted by atomic mass is 10.0. The fraction of sp³-hybridized carbons (Fsp3) is 0.533. The maximum absolute atomic E-state index is 12.2. The Kier molecular flexibility index (Phi) is 4.24. The van der Waals surface area contributed by atoms with Crippen LogP contribution >= 0.6 is 15.9 Å². The quantitative estimate of drug-likeness (QED) is 0.918. The predicted octanol–water partition coefficient (Wildman–Crippen LogP) is 3.46. The minimum Gasteiger partial charge on any atom is -0.304 e. The first kappa shape index (κ1) is 14.5. The molecule has 6 heteroatoms. The molecule has 0 aliphatic heterocycles. The second kappa shape index (κ2) is 6.13. The van der Waals surface area contributed by atoms with Crippen molar-refractivity contribution in [2.75, 3.05) is 0 Å². The third kappa shape index (κ3) is 2.81. The molecule has 0 radical (unpaired) electrons. The molecule has 5 nitrogen and oxygen atoms in total. The average molecular weight is 351 g/mol. The van der Waals surface area contributed by atoms with Crippen LogP contribution in [0.3, 0.4) is 0 Å². The predicted molar refractivity (Wildman–Crippen MR) is 85.3 cm³/mol. The fourth-order valence-electron chi connectivity index (χ4n) is 2.99. The Morgan fingerprint density at radius 2 is 2.19 bits per heavy atom. The van der Waals surface area contributed by atoms with E-state index in [2.05, 4.69) is 32.9 Å². The largest absolute Gasteiger partial charge is 0.304 e. The maximum Gasteiger partial charge on any atom is 0.265 e. The molecule has 0 amide bonds. The van der Waals surface area contributed by atoms with Gasteiger partial charge in [-0.05, 0) is 41.3 Å². The van der Waals surface area contributed by atoms with Crippen molar-refractivity contribution in [1.82, 2.24) is 19.7 Å². The van der Waals surface area contributed by atoms with Crippen LogP contribution in [0.4, 0.5) is 0 Å². The van der Waals surface area contributed by atoms with E-state index in [1.54, 1.807) is 6.20 Å². The lowest BCUT2D eigenvalue weighted by Crippen LogP contribution is -2.16. The third-order valence-electron chi connectivity index (χ3n) is 4.02. The summed E-state index contributed by atoms with van der Waals surface area (Å²) in [5.41, 5.74) is 1.67. The Hall–Kier alpha value is -1.43. The lowest BCUT2D eigenvalue weighted by Gasteiger charge is -2.12. The summed E-state index contributed by atoms with van der Waals surface area (Å²) in [5, 5.41) is 4.30. The summed E-state index contributed by atoms with van der Waals surface area (Å²) in [7, 11) is 0. The monoisotopic (exact) mass is 350 g/mol. The van der Waals surface area contributed by atoms with Gasteiger partial charge >= 0.3 is 0 Å². The molecule has 0 bridgehead atoms. The van der Waals surface area contributed by atoms with E-state index in [9.17, 15) is 4.79 Å². The van der Waals surface area contributed by atoms with E-state index in [1.807, 2.05) is 10.7 Å². The first-order chi connectivity index (χ1) is 10.2. The number of nitrogens with zero attached hydrogens (tertiary/aromatic N) is 3. The van der Waals surface area contributed by atoms with Crippen LogP contribution in [0.15, 0.2) is 21.5 Å². The van der Waals surface area contributed by atoms with Crippen LogP contribution in [0.2, 0.25) is 0 Å². The topological polar surface area (TPSA) is 63.6 Å². The highest BCUT2D eigenvalue weighted by Gasteiger charge is 2.23. The number of halogens is 1. The summed E-state index contributed by atoms with van der Waals surface area (Å²) in [6.07, 6.45) is 7.40. The molecule has 0 spiro atoms. The lowest BCUT2D eigenvalue weighted by molar-refractivity contribution is 0.605. The molecule has 0 aromatic carbocycles. The van der Waals surface area contributed by atoms with Gasteiger partial charge in [-0.15, -0.1) is 0 Å². The van der Waals surface area contributed by atoms with Gasteiger partial charge in [-0.25, -0.2) is 4.98 Å². The Morgan fingerprint density at radius 1 is 1.43 bits per heavy atom. The van der Waals surface area contributed by atoms with Gasteiger partial charge in [-0.1, -0.05) is 19.8 Å². The van der Waals surface area contributed by atoms with Crippen LogP contribution < -0.4 is 5.56 Å². The number of rotatable bonds is 4. The van der Waals surface area contributed by atoms with Crippen LogP contribution in [-0.4, -0.2) is 19.7 Å². The zero-order valence-electron chi connectivity index (χ0n) is 12.1. The Labute approximate surface area is 131 Å². The molecule has 2 aromatic rings. The minimum atomic E-state index is -0.105. The van der Waals surface area contributed by atoms with Crippen LogP contribution in [0, 0.1) is 0 Å². The van der Waals surface area contributed by atoms with Crippen molar-refractivity contribution in [2.45, 2.75) is 51.5 Å². The summed E-state index contributed by atoms with van der Waals surface area (Å²) >= 11 is 3.41. The standard InChI is InChI=1S/C15H19BrN4O/c1-2-9-20-11(7-8-17-20)14-18-13(10-5-3-4-6-10)12(16)15(21)19-14/h7-8,10H,2-6,9H2,1H3,(H,18,19,21). The molecule has 0 saturated heterocycles. The van der Waals surface area contributed by atoms with Gasteiger partial charge in [0, 0.05) is 18.7 Å². The molecule has 0 unspecified atom stereocenters. The van der Waals surface area contributed by atoms with Crippen molar-refractivity contribution in [3.8, 4) is 11.5 Å². The number of aromatic amines is 1.